The molecule has 1 N–H and O–H groups in total. The summed E-state index contributed by atoms with van der Waals surface area (Å²) in [6.45, 7) is 11.8. The topological polar surface area (TPSA) is 41.3 Å². The smallest absolute Gasteiger partial charge is 0.208 e. The summed E-state index contributed by atoms with van der Waals surface area (Å²) in [5, 5.41) is 3.55. The Morgan fingerprint density at radius 1 is 1.56 bits per heavy atom. The first-order valence-electron chi connectivity index (χ1n) is 7.01. The van der Waals surface area contributed by atoms with Gasteiger partial charge in [-0.2, -0.15) is 0 Å². The highest BCUT2D eigenvalue weighted by atomic mass is 16.4. The van der Waals surface area contributed by atoms with Gasteiger partial charge in [-0.3, -0.25) is 4.90 Å². The van der Waals surface area contributed by atoms with E-state index in [2.05, 4.69) is 42.9 Å². The highest BCUT2D eigenvalue weighted by molar-refractivity contribution is 4.95. The van der Waals surface area contributed by atoms with E-state index in [1.165, 1.54) is 0 Å². The van der Waals surface area contributed by atoms with E-state index >= 15 is 0 Å². The summed E-state index contributed by atoms with van der Waals surface area (Å²) in [6.07, 6.45) is 2.77. The van der Waals surface area contributed by atoms with Crippen LogP contribution >= 0.6 is 0 Å². The van der Waals surface area contributed by atoms with Gasteiger partial charge in [-0.1, -0.05) is 20.8 Å². The van der Waals surface area contributed by atoms with Crippen LogP contribution in [0.3, 0.4) is 0 Å². The Bertz CT molecular complexity index is 375. The maximum absolute atomic E-state index is 5.73. The number of aromatic nitrogens is 1. The molecule has 1 aliphatic heterocycles. The summed E-state index contributed by atoms with van der Waals surface area (Å²) in [5.74, 6) is 2.48. The molecule has 2 unspecified atom stereocenters. The number of aryl methyl sites for hydroxylation is 1. The van der Waals surface area contributed by atoms with E-state index in [4.69, 9.17) is 4.42 Å². The molecule has 1 fully saturated rings. The van der Waals surface area contributed by atoms with Crippen LogP contribution < -0.4 is 5.32 Å². The van der Waals surface area contributed by atoms with E-state index in [9.17, 15) is 0 Å². The van der Waals surface area contributed by atoms with Crippen LogP contribution in [0.1, 0.15) is 39.3 Å². The van der Waals surface area contributed by atoms with Gasteiger partial charge in [-0.15, -0.1) is 0 Å². The van der Waals surface area contributed by atoms with Gasteiger partial charge < -0.3 is 9.73 Å². The van der Waals surface area contributed by atoms with E-state index in [0.29, 0.717) is 18.0 Å². The number of nitrogens with zero attached hydrogens (tertiary/aromatic N) is 2. The zero-order valence-corrected chi connectivity index (χ0v) is 11.9. The second kappa shape index (κ2) is 5.85. The van der Waals surface area contributed by atoms with Crippen LogP contribution in [0.25, 0.3) is 0 Å². The summed E-state index contributed by atoms with van der Waals surface area (Å²) in [4.78, 5) is 6.87. The Morgan fingerprint density at radius 2 is 2.33 bits per heavy atom. The standard InChI is InChI=1S/C14H25N3O/c1-5-12-6-16-14(18-12)9-17-8-11(4)15-7-13(17)10(2)3/h6,10-11,13,15H,5,7-9H2,1-4H3. The molecule has 2 atom stereocenters. The third kappa shape index (κ3) is 3.12. The van der Waals surface area contributed by atoms with Crippen molar-refractivity contribution in [2.24, 2.45) is 5.92 Å². The molecule has 4 nitrogen and oxygen atoms in total. The molecule has 4 heteroatoms. The van der Waals surface area contributed by atoms with Crippen molar-refractivity contribution >= 4 is 0 Å². The fourth-order valence-electron chi connectivity index (χ4n) is 2.60. The Labute approximate surface area is 110 Å². The Hall–Kier alpha value is -0.870. The lowest BCUT2D eigenvalue weighted by atomic mass is 9.99. The fourth-order valence-corrected chi connectivity index (χ4v) is 2.60. The monoisotopic (exact) mass is 251 g/mol. The third-order valence-electron chi connectivity index (χ3n) is 3.71. The minimum absolute atomic E-state index is 0.542. The molecule has 0 spiro atoms. The lowest BCUT2D eigenvalue weighted by Gasteiger charge is -2.40. The molecule has 18 heavy (non-hydrogen) atoms. The van der Waals surface area contributed by atoms with Crippen molar-refractivity contribution in [1.29, 1.82) is 0 Å². The molecule has 0 aromatic carbocycles. The van der Waals surface area contributed by atoms with Gasteiger partial charge >= 0.3 is 0 Å². The summed E-state index contributed by atoms with van der Waals surface area (Å²) in [6, 6.07) is 1.11. The quantitative estimate of drug-likeness (QED) is 0.889. The maximum Gasteiger partial charge on any atom is 0.208 e. The number of piperazine rings is 1. The summed E-state index contributed by atoms with van der Waals surface area (Å²) in [5.41, 5.74) is 0. The van der Waals surface area contributed by atoms with Crippen LogP contribution in [0.15, 0.2) is 10.6 Å². The molecule has 0 amide bonds. The molecule has 1 aromatic heterocycles. The molecule has 0 aliphatic carbocycles. The Morgan fingerprint density at radius 3 is 2.94 bits per heavy atom. The molecular weight excluding hydrogens is 226 g/mol. The number of rotatable bonds is 4. The first-order chi connectivity index (χ1) is 8.60. The van der Waals surface area contributed by atoms with Gasteiger partial charge in [-0.05, 0) is 12.8 Å². The van der Waals surface area contributed by atoms with Crippen molar-refractivity contribution in [2.75, 3.05) is 13.1 Å². The predicted molar refractivity (Wildman–Crippen MR) is 72.4 cm³/mol. The zero-order chi connectivity index (χ0) is 13.1. The number of hydrogen-bond donors (Lipinski definition) is 1. The molecule has 102 valence electrons. The van der Waals surface area contributed by atoms with Gasteiger partial charge in [0, 0.05) is 31.6 Å². The summed E-state index contributed by atoms with van der Waals surface area (Å²) in [7, 11) is 0. The van der Waals surface area contributed by atoms with Crippen LogP contribution in [0.5, 0.6) is 0 Å². The van der Waals surface area contributed by atoms with Gasteiger partial charge in [0.05, 0.1) is 12.7 Å². The minimum atomic E-state index is 0.542. The van der Waals surface area contributed by atoms with Crippen molar-refractivity contribution in [3.63, 3.8) is 0 Å². The van der Waals surface area contributed by atoms with Crippen molar-refractivity contribution in [3.05, 3.63) is 17.8 Å². The van der Waals surface area contributed by atoms with Crippen LogP contribution in [-0.4, -0.2) is 35.1 Å². The van der Waals surface area contributed by atoms with Crippen molar-refractivity contribution in [2.45, 2.75) is 52.7 Å². The third-order valence-corrected chi connectivity index (χ3v) is 3.71. The SMILES string of the molecule is CCc1cnc(CN2CC(C)NCC2C(C)C)o1. The van der Waals surface area contributed by atoms with Gasteiger partial charge in [-0.25, -0.2) is 4.98 Å². The predicted octanol–water partition coefficient (Wildman–Crippen LogP) is 2.06. The van der Waals surface area contributed by atoms with Crippen molar-refractivity contribution in [1.82, 2.24) is 15.2 Å². The molecule has 0 saturated carbocycles. The van der Waals surface area contributed by atoms with Crippen molar-refractivity contribution in [3.8, 4) is 0 Å². The molecule has 2 heterocycles. The normalized spacial score (nSPS) is 25.8. The Balaban J connectivity index is 2.03. The van der Waals surface area contributed by atoms with Crippen molar-refractivity contribution < 1.29 is 4.42 Å². The Kier molecular flexibility index (Phi) is 4.40. The number of nitrogens with one attached hydrogen (secondary N) is 1. The highest BCUT2D eigenvalue weighted by Crippen LogP contribution is 2.18. The number of hydrogen-bond acceptors (Lipinski definition) is 4. The zero-order valence-electron chi connectivity index (χ0n) is 11.9. The average molecular weight is 251 g/mol. The van der Waals surface area contributed by atoms with Crippen LogP contribution in [0.4, 0.5) is 0 Å². The van der Waals surface area contributed by atoms with Crippen LogP contribution in [0.2, 0.25) is 0 Å². The second-order valence-corrected chi connectivity index (χ2v) is 5.62. The van der Waals surface area contributed by atoms with Gasteiger partial charge in [0.2, 0.25) is 5.89 Å². The lowest BCUT2D eigenvalue weighted by molar-refractivity contribution is 0.0862. The van der Waals surface area contributed by atoms with E-state index in [-0.39, 0.29) is 0 Å². The highest BCUT2D eigenvalue weighted by Gasteiger charge is 2.28. The van der Waals surface area contributed by atoms with Gasteiger partial charge in [0.1, 0.15) is 5.76 Å². The minimum Gasteiger partial charge on any atom is -0.444 e. The first kappa shape index (κ1) is 13.6. The number of oxazole rings is 1. The molecule has 0 radical (unpaired) electrons. The molecule has 1 aromatic rings. The molecule has 2 rings (SSSR count). The first-order valence-corrected chi connectivity index (χ1v) is 7.01. The van der Waals surface area contributed by atoms with Gasteiger partial charge in [0.15, 0.2) is 0 Å². The second-order valence-electron chi connectivity index (χ2n) is 5.62. The van der Waals surface area contributed by atoms with E-state index < -0.39 is 0 Å². The summed E-state index contributed by atoms with van der Waals surface area (Å²) < 4.78 is 5.73. The molecule has 1 aliphatic rings. The summed E-state index contributed by atoms with van der Waals surface area (Å²) >= 11 is 0. The molecule has 0 bridgehead atoms. The average Bonchev–Trinajstić information content (AvgIpc) is 2.76. The molecule has 1 saturated heterocycles. The van der Waals surface area contributed by atoms with Crippen LogP contribution in [0, 0.1) is 5.92 Å². The van der Waals surface area contributed by atoms with E-state index in [1.54, 1.807) is 0 Å². The van der Waals surface area contributed by atoms with E-state index in [1.807, 2.05) is 6.20 Å². The fraction of sp³-hybridized carbons (Fsp3) is 0.786. The lowest BCUT2D eigenvalue weighted by Crippen LogP contribution is -2.56. The van der Waals surface area contributed by atoms with Gasteiger partial charge in [0.25, 0.3) is 0 Å². The van der Waals surface area contributed by atoms with Crippen LogP contribution in [-0.2, 0) is 13.0 Å². The molecular formula is C14H25N3O. The largest absolute Gasteiger partial charge is 0.444 e. The maximum atomic E-state index is 5.73. The van der Waals surface area contributed by atoms with E-state index in [0.717, 1.165) is 37.7 Å².